The molecular formula is C32H22N2. The lowest BCUT2D eigenvalue weighted by molar-refractivity contribution is 0.939. The molecule has 5 aromatic carbocycles. The summed E-state index contributed by atoms with van der Waals surface area (Å²) in [6.45, 7) is 0. The van der Waals surface area contributed by atoms with Gasteiger partial charge in [0.2, 0.25) is 0 Å². The highest BCUT2D eigenvalue weighted by molar-refractivity contribution is 5.86. The molecular weight excluding hydrogens is 412 g/mol. The third-order valence-corrected chi connectivity index (χ3v) is 6.58. The molecule has 0 amide bonds. The molecule has 0 fully saturated rings. The van der Waals surface area contributed by atoms with Crippen LogP contribution in [0.25, 0.3) is 11.1 Å². The molecule has 34 heavy (non-hydrogen) atoms. The van der Waals surface area contributed by atoms with Crippen molar-refractivity contribution in [1.29, 1.82) is 5.26 Å². The quantitative estimate of drug-likeness (QED) is 0.281. The van der Waals surface area contributed by atoms with Crippen LogP contribution in [0.15, 0.2) is 127 Å². The van der Waals surface area contributed by atoms with Gasteiger partial charge in [-0.1, -0.05) is 91.0 Å². The van der Waals surface area contributed by atoms with Gasteiger partial charge in [0.25, 0.3) is 0 Å². The maximum Gasteiger partial charge on any atom is 0.0991 e. The van der Waals surface area contributed by atoms with E-state index in [4.69, 9.17) is 5.26 Å². The number of fused-ring (bicyclic) bond motifs is 2. The summed E-state index contributed by atoms with van der Waals surface area (Å²) < 4.78 is 0. The number of nitriles is 1. The van der Waals surface area contributed by atoms with E-state index in [1.807, 2.05) is 24.3 Å². The van der Waals surface area contributed by atoms with E-state index in [2.05, 4.69) is 114 Å². The maximum atomic E-state index is 9.08. The molecule has 2 heteroatoms. The van der Waals surface area contributed by atoms with Crippen LogP contribution < -0.4 is 4.90 Å². The van der Waals surface area contributed by atoms with Crippen molar-refractivity contribution in [2.24, 2.45) is 0 Å². The van der Waals surface area contributed by atoms with Crippen LogP contribution in [0.4, 0.5) is 17.1 Å². The van der Waals surface area contributed by atoms with Crippen LogP contribution in [-0.2, 0) is 0 Å². The highest BCUT2D eigenvalue weighted by Gasteiger charge is 2.31. The van der Waals surface area contributed by atoms with Gasteiger partial charge in [-0.2, -0.15) is 5.26 Å². The second-order valence-electron chi connectivity index (χ2n) is 8.53. The first kappa shape index (κ1) is 20.0. The van der Waals surface area contributed by atoms with Gasteiger partial charge in [0.1, 0.15) is 0 Å². The van der Waals surface area contributed by atoms with E-state index in [1.165, 1.54) is 28.1 Å². The highest BCUT2D eigenvalue weighted by Crippen LogP contribution is 2.51. The number of nitrogens with zero attached hydrogens (tertiary/aromatic N) is 2. The fourth-order valence-corrected chi connectivity index (χ4v) is 4.99. The standard InChI is InChI=1S/C32H22N2/c33-22-23-14-16-24(17-15-23)25-18-20-27(21-19-25)34-30-12-6-4-10-28(30)32(26-8-2-1-3-9-26)29-11-5-7-13-31(29)34/h1-21,32H. The maximum absolute atomic E-state index is 9.08. The van der Waals surface area contributed by atoms with Gasteiger partial charge in [-0.25, -0.2) is 0 Å². The fourth-order valence-electron chi connectivity index (χ4n) is 4.99. The summed E-state index contributed by atoms with van der Waals surface area (Å²) in [6, 6.07) is 46.8. The number of para-hydroxylation sites is 2. The number of rotatable bonds is 3. The van der Waals surface area contributed by atoms with Gasteiger partial charge in [-0.15, -0.1) is 0 Å². The van der Waals surface area contributed by atoms with Crippen LogP contribution >= 0.6 is 0 Å². The van der Waals surface area contributed by atoms with Crippen LogP contribution in [0, 0.1) is 11.3 Å². The van der Waals surface area contributed by atoms with Crippen molar-refractivity contribution in [1.82, 2.24) is 0 Å². The molecule has 0 aromatic heterocycles. The predicted octanol–water partition coefficient (Wildman–Crippen LogP) is 8.19. The molecule has 0 bridgehead atoms. The topological polar surface area (TPSA) is 27.0 Å². The van der Waals surface area contributed by atoms with Gasteiger partial charge < -0.3 is 4.90 Å². The Morgan fingerprint density at radius 3 is 1.59 bits per heavy atom. The third-order valence-electron chi connectivity index (χ3n) is 6.58. The molecule has 0 aliphatic carbocycles. The SMILES string of the molecule is N#Cc1ccc(-c2ccc(N3c4ccccc4C(c4ccccc4)c4ccccc43)cc2)cc1. The molecule has 160 valence electrons. The number of benzene rings is 5. The van der Waals surface area contributed by atoms with Gasteiger partial charge in [-0.3, -0.25) is 0 Å². The Morgan fingerprint density at radius 1 is 0.529 bits per heavy atom. The van der Waals surface area contributed by atoms with E-state index in [9.17, 15) is 0 Å². The highest BCUT2D eigenvalue weighted by atomic mass is 15.2. The van der Waals surface area contributed by atoms with Crippen LogP contribution in [0.3, 0.4) is 0 Å². The summed E-state index contributed by atoms with van der Waals surface area (Å²) in [6.07, 6.45) is 0. The van der Waals surface area contributed by atoms with E-state index in [-0.39, 0.29) is 5.92 Å². The molecule has 0 N–H and O–H groups in total. The van der Waals surface area contributed by atoms with E-state index in [1.54, 1.807) is 0 Å². The Morgan fingerprint density at radius 2 is 1.03 bits per heavy atom. The van der Waals surface area contributed by atoms with Gasteiger partial charge in [0.05, 0.1) is 23.0 Å². The van der Waals surface area contributed by atoms with E-state index in [0.29, 0.717) is 5.56 Å². The van der Waals surface area contributed by atoms with Crippen molar-refractivity contribution in [3.8, 4) is 17.2 Å². The molecule has 5 aromatic rings. The summed E-state index contributed by atoms with van der Waals surface area (Å²) in [4.78, 5) is 2.37. The van der Waals surface area contributed by atoms with E-state index >= 15 is 0 Å². The van der Waals surface area contributed by atoms with Crippen molar-refractivity contribution in [3.05, 3.63) is 150 Å². The second-order valence-corrected chi connectivity index (χ2v) is 8.53. The lowest BCUT2D eigenvalue weighted by Gasteiger charge is -2.38. The molecule has 1 aliphatic heterocycles. The lowest BCUT2D eigenvalue weighted by Crippen LogP contribution is -2.22. The summed E-state index contributed by atoms with van der Waals surface area (Å²) in [5, 5.41) is 9.08. The Bertz CT molecular complexity index is 1450. The minimum atomic E-state index is 0.197. The van der Waals surface area contributed by atoms with Gasteiger partial charge in [0, 0.05) is 11.6 Å². The minimum Gasteiger partial charge on any atom is -0.310 e. The summed E-state index contributed by atoms with van der Waals surface area (Å²) in [5.74, 6) is 0.197. The van der Waals surface area contributed by atoms with E-state index in [0.717, 1.165) is 16.8 Å². The first-order valence-corrected chi connectivity index (χ1v) is 11.5. The van der Waals surface area contributed by atoms with Crippen LogP contribution in [-0.4, -0.2) is 0 Å². The number of anilines is 3. The minimum absolute atomic E-state index is 0.197. The van der Waals surface area contributed by atoms with Crippen molar-refractivity contribution < 1.29 is 0 Å². The zero-order valence-corrected chi connectivity index (χ0v) is 18.6. The molecule has 0 saturated heterocycles. The Kier molecular flexibility index (Phi) is 4.94. The molecule has 0 unspecified atom stereocenters. The number of hydrogen-bond donors (Lipinski definition) is 0. The van der Waals surface area contributed by atoms with Crippen molar-refractivity contribution in [2.75, 3.05) is 4.90 Å². The summed E-state index contributed by atoms with van der Waals surface area (Å²) >= 11 is 0. The summed E-state index contributed by atoms with van der Waals surface area (Å²) in [5.41, 5.74) is 10.4. The summed E-state index contributed by atoms with van der Waals surface area (Å²) in [7, 11) is 0. The lowest BCUT2D eigenvalue weighted by atomic mass is 9.80. The monoisotopic (exact) mass is 434 g/mol. The Hall–Kier alpha value is -4.61. The fraction of sp³-hybridized carbons (Fsp3) is 0.0312. The second kappa shape index (κ2) is 8.39. The first-order chi connectivity index (χ1) is 16.8. The Labute approximate surface area is 200 Å². The molecule has 0 spiro atoms. The van der Waals surface area contributed by atoms with Crippen molar-refractivity contribution in [2.45, 2.75) is 5.92 Å². The van der Waals surface area contributed by atoms with Crippen molar-refractivity contribution in [3.63, 3.8) is 0 Å². The molecule has 0 radical (unpaired) electrons. The van der Waals surface area contributed by atoms with Crippen LogP contribution in [0.2, 0.25) is 0 Å². The molecule has 1 aliphatic rings. The normalized spacial score (nSPS) is 12.5. The molecule has 0 saturated carbocycles. The third kappa shape index (κ3) is 3.36. The molecule has 6 rings (SSSR count). The molecule has 0 atom stereocenters. The van der Waals surface area contributed by atoms with Crippen molar-refractivity contribution >= 4 is 17.1 Å². The smallest absolute Gasteiger partial charge is 0.0991 e. The zero-order valence-electron chi connectivity index (χ0n) is 18.6. The first-order valence-electron chi connectivity index (χ1n) is 11.5. The zero-order chi connectivity index (χ0) is 22.9. The largest absolute Gasteiger partial charge is 0.310 e. The number of hydrogen-bond acceptors (Lipinski definition) is 2. The average Bonchev–Trinajstić information content (AvgIpc) is 2.92. The van der Waals surface area contributed by atoms with Gasteiger partial charge >= 0.3 is 0 Å². The molecule has 2 nitrogen and oxygen atoms in total. The van der Waals surface area contributed by atoms with Crippen LogP contribution in [0.5, 0.6) is 0 Å². The van der Waals surface area contributed by atoms with E-state index < -0.39 is 0 Å². The van der Waals surface area contributed by atoms with Gasteiger partial charge in [-0.05, 0) is 64.2 Å². The molecule has 1 heterocycles. The average molecular weight is 435 g/mol. The Balaban J connectivity index is 1.47. The predicted molar refractivity (Wildman–Crippen MR) is 139 cm³/mol. The van der Waals surface area contributed by atoms with Crippen LogP contribution in [0.1, 0.15) is 28.2 Å². The van der Waals surface area contributed by atoms with Gasteiger partial charge in [0.15, 0.2) is 0 Å².